The molecule has 0 fully saturated rings. The highest BCUT2D eigenvalue weighted by molar-refractivity contribution is 5.60. The molecule has 3 rings (SSSR count). The third kappa shape index (κ3) is 3.73. The van der Waals surface area contributed by atoms with Gasteiger partial charge in [0.1, 0.15) is 5.82 Å². The van der Waals surface area contributed by atoms with Gasteiger partial charge in [-0.3, -0.25) is 4.98 Å². The maximum atomic E-state index is 5.63. The Morgan fingerprint density at radius 3 is 2.43 bits per heavy atom. The Bertz CT molecular complexity index is 754. The van der Waals surface area contributed by atoms with E-state index in [0.29, 0.717) is 6.54 Å². The van der Waals surface area contributed by atoms with Crippen molar-refractivity contribution in [3.05, 3.63) is 78.1 Å². The van der Waals surface area contributed by atoms with E-state index in [2.05, 4.69) is 34.3 Å². The summed E-state index contributed by atoms with van der Waals surface area (Å²) in [5, 5.41) is 3.40. The topological polar surface area (TPSA) is 63.8 Å². The summed E-state index contributed by atoms with van der Waals surface area (Å²) in [5.41, 5.74) is 9.83. The average molecular weight is 304 g/mol. The minimum absolute atomic E-state index is 0.167. The lowest BCUT2D eigenvalue weighted by Crippen LogP contribution is -2.08. The van der Waals surface area contributed by atoms with Crippen molar-refractivity contribution in [3.8, 4) is 11.3 Å². The van der Waals surface area contributed by atoms with Gasteiger partial charge in [0.2, 0.25) is 0 Å². The fraction of sp³-hybridized carbons (Fsp3) is 0.158. The number of benzene rings is 2. The van der Waals surface area contributed by atoms with E-state index in [9.17, 15) is 0 Å². The number of aromatic nitrogens is 2. The highest BCUT2D eigenvalue weighted by Crippen LogP contribution is 2.21. The quantitative estimate of drug-likeness (QED) is 0.753. The van der Waals surface area contributed by atoms with Crippen molar-refractivity contribution in [3.63, 3.8) is 0 Å². The number of nitrogens with one attached hydrogen (secondary N) is 1. The monoisotopic (exact) mass is 304 g/mol. The third-order valence-electron chi connectivity index (χ3n) is 3.78. The molecule has 1 aromatic heterocycles. The minimum Gasteiger partial charge on any atom is -0.362 e. The summed E-state index contributed by atoms with van der Waals surface area (Å²) in [4.78, 5) is 8.96. The lowest BCUT2D eigenvalue weighted by Gasteiger charge is -2.15. The Kier molecular flexibility index (Phi) is 4.64. The molecule has 0 spiro atoms. The molecule has 4 heteroatoms. The van der Waals surface area contributed by atoms with Crippen molar-refractivity contribution < 1.29 is 0 Å². The first-order valence-corrected chi connectivity index (χ1v) is 7.69. The number of nitrogens with two attached hydrogens (primary N) is 1. The van der Waals surface area contributed by atoms with Gasteiger partial charge in [0.15, 0.2) is 0 Å². The van der Waals surface area contributed by atoms with Gasteiger partial charge in [0.05, 0.1) is 18.1 Å². The van der Waals surface area contributed by atoms with Crippen LogP contribution < -0.4 is 11.1 Å². The maximum Gasteiger partial charge on any atom is 0.145 e. The molecule has 2 aromatic carbocycles. The normalized spacial score (nSPS) is 11.9. The van der Waals surface area contributed by atoms with E-state index in [0.717, 1.165) is 22.6 Å². The van der Waals surface area contributed by atoms with Crippen LogP contribution in [0.1, 0.15) is 24.1 Å². The van der Waals surface area contributed by atoms with Crippen molar-refractivity contribution in [2.45, 2.75) is 19.5 Å². The fourth-order valence-electron chi connectivity index (χ4n) is 2.43. The predicted molar refractivity (Wildman–Crippen MR) is 93.8 cm³/mol. The zero-order valence-electron chi connectivity index (χ0n) is 13.1. The van der Waals surface area contributed by atoms with E-state index in [1.54, 1.807) is 12.4 Å². The highest BCUT2D eigenvalue weighted by atomic mass is 15.0. The summed E-state index contributed by atoms with van der Waals surface area (Å²) in [7, 11) is 0. The lowest BCUT2D eigenvalue weighted by atomic mass is 10.1. The van der Waals surface area contributed by atoms with E-state index in [4.69, 9.17) is 5.73 Å². The number of hydrogen-bond donors (Lipinski definition) is 2. The van der Waals surface area contributed by atoms with Gasteiger partial charge in [-0.1, -0.05) is 54.6 Å². The summed E-state index contributed by atoms with van der Waals surface area (Å²) in [6, 6.07) is 18.5. The first-order chi connectivity index (χ1) is 11.3. The van der Waals surface area contributed by atoms with Gasteiger partial charge in [-0.2, -0.15) is 0 Å². The summed E-state index contributed by atoms with van der Waals surface area (Å²) in [5.74, 6) is 0.766. The molecule has 116 valence electrons. The molecule has 0 saturated carbocycles. The average Bonchev–Trinajstić information content (AvgIpc) is 2.63. The minimum atomic E-state index is 0.167. The van der Waals surface area contributed by atoms with E-state index in [1.807, 2.05) is 42.5 Å². The van der Waals surface area contributed by atoms with Crippen LogP contribution in [0.25, 0.3) is 11.3 Å². The summed E-state index contributed by atoms with van der Waals surface area (Å²) < 4.78 is 0. The molecule has 1 unspecified atom stereocenters. The molecule has 0 bridgehead atoms. The van der Waals surface area contributed by atoms with Crippen LogP contribution in [-0.4, -0.2) is 9.97 Å². The maximum absolute atomic E-state index is 5.63. The van der Waals surface area contributed by atoms with Crippen LogP contribution in [-0.2, 0) is 6.54 Å². The van der Waals surface area contributed by atoms with Gasteiger partial charge >= 0.3 is 0 Å². The smallest absolute Gasteiger partial charge is 0.145 e. The first kappa shape index (κ1) is 15.2. The summed E-state index contributed by atoms with van der Waals surface area (Å²) in [6.45, 7) is 2.65. The Balaban J connectivity index is 1.79. The van der Waals surface area contributed by atoms with Crippen molar-refractivity contribution in [2.75, 3.05) is 5.32 Å². The molecule has 23 heavy (non-hydrogen) atoms. The molecule has 0 amide bonds. The zero-order valence-corrected chi connectivity index (χ0v) is 13.1. The van der Waals surface area contributed by atoms with Crippen LogP contribution >= 0.6 is 0 Å². The molecule has 3 aromatic rings. The molecule has 0 saturated heterocycles. The molecule has 3 N–H and O–H groups in total. The van der Waals surface area contributed by atoms with Crippen LogP contribution in [0.5, 0.6) is 0 Å². The largest absolute Gasteiger partial charge is 0.362 e. The van der Waals surface area contributed by atoms with Gasteiger partial charge < -0.3 is 11.1 Å². The molecule has 0 aliphatic carbocycles. The Morgan fingerprint density at radius 2 is 1.74 bits per heavy atom. The van der Waals surface area contributed by atoms with Crippen LogP contribution in [0.3, 0.4) is 0 Å². The van der Waals surface area contributed by atoms with E-state index >= 15 is 0 Å². The van der Waals surface area contributed by atoms with E-state index < -0.39 is 0 Å². The van der Waals surface area contributed by atoms with Gasteiger partial charge in [0.25, 0.3) is 0 Å². The van der Waals surface area contributed by atoms with Crippen LogP contribution in [0, 0.1) is 0 Å². The van der Waals surface area contributed by atoms with Crippen LogP contribution in [0.4, 0.5) is 5.82 Å². The molecule has 0 aliphatic heterocycles. The zero-order chi connectivity index (χ0) is 16.1. The second-order valence-corrected chi connectivity index (χ2v) is 5.47. The summed E-state index contributed by atoms with van der Waals surface area (Å²) >= 11 is 0. The van der Waals surface area contributed by atoms with Gasteiger partial charge in [0, 0.05) is 18.2 Å². The number of hydrogen-bond acceptors (Lipinski definition) is 4. The van der Waals surface area contributed by atoms with Gasteiger partial charge in [-0.05, 0) is 18.1 Å². The standard InChI is InChI=1S/C19H20N4/c1-14(16-5-3-2-4-6-16)22-19-13-21-12-18(23-19)17-9-7-15(11-20)8-10-17/h2-10,12-14H,11,20H2,1H3,(H,22,23). The second-order valence-electron chi connectivity index (χ2n) is 5.47. The first-order valence-electron chi connectivity index (χ1n) is 7.69. The Hall–Kier alpha value is -2.72. The Morgan fingerprint density at radius 1 is 1.00 bits per heavy atom. The van der Waals surface area contributed by atoms with Crippen molar-refractivity contribution in [2.24, 2.45) is 5.73 Å². The molecular weight excluding hydrogens is 284 g/mol. The highest BCUT2D eigenvalue weighted by Gasteiger charge is 2.07. The van der Waals surface area contributed by atoms with E-state index in [-0.39, 0.29) is 6.04 Å². The molecular formula is C19H20N4. The van der Waals surface area contributed by atoms with Crippen LogP contribution in [0.15, 0.2) is 67.0 Å². The number of anilines is 1. The van der Waals surface area contributed by atoms with Gasteiger partial charge in [-0.15, -0.1) is 0 Å². The molecule has 4 nitrogen and oxygen atoms in total. The fourth-order valence-corrected chi connectivity index (χ4v) is 2.43. The van der Waals surface area contributed by atoms with Crippen LogP contribution in [0.2, 0.25) is 0 Å². The van der Waals surface area contributed by atoms with Crippen molar-refractivity contribution >= 4 is 5.82 Å². The molecule has 0 aliphatic rings. The number of nitrogens with zero attached hydrogens (tertiary/aromatic N) is 2. The SMILES string of the molecule is CC(Nc1cncc(-c2ccc(CN)cc2)n1)c1ccccc1. The van der Waals surface area contributed by atoms with E-state index in [1.165, 1.54) is 5.56 Å². The molecule has 1 heterocycles. The van der Waals surface area contributed by atoms with Crippen molar-refractivity contribution in [1.29, 1.82) is 0 Å². The van der Waals surface area contributed by atoms with Gasteiger partial charge in [-0.25, -0.2) is 4.98 Å². The number of rotatable bonds is 5. The lowest BCUT2D eigenvalue weighted by molar-refractivity contribution is 0.872. The van der Waals surface area contributed by atoms with Crippen molar-refractivity contribution in [1.82, 2.24) is 9.97 Å². The second kappa shape index (κ2) is 7.03. The molecule has 1 atom stereocenters. The summed E-state index contributed by atoms with van der Waals surface area (Å²) in [6.07, 6.45) is 3.52. The molecule has 0 radical (unpaired) electrons. The Labute approximate surface area is 136 Å². The predicted octanol–water partition coefficient (Wildman–Crippen LogP) is 3.78. The third-order valence-corrected chi connectivity index (χ3v) is 3.78.